The van der Waals surface area contributed by atoms with Crippen LogP contribution in [0.15, 0.2) is 53.4 Å². The van der Waals surface area contributed by atoms with Crippen molar-refractivity contribution in [3.05, 3.63) is 59.7 Å². The van der Waals surface area contributed by atoms with Crippen LogP contribution in [0.1, 0.15) is 17.5 Å². The number of alkyl halides is 1. The van der Waals surface area contributed by atoms with Crippen molar-refractivity contribution in [2.45, 2.75) is 30.3 Å². The van der Waals surface area contributed by atoms with Crippen molar-refractivity contribution < 1.29 is 22.3 Å². The third-order valence-electron chi connectivity index (χ3n) is 4.60. The van der Waals surface area contributed by atoms with Crippen LogP contribution in [0.25, 0.3) is 0 Å². The number of methoxy groups -OCH3 is 1. The van der Waals surface area contributed by atoms with E-state index in [2.05, 4.69) is 4.74 Å². The van der Waals surface area contributed by atoms with E-state index in [1.807, 2.05) is 6.92 Å². The lowest BCUT2D eigenvalue weighted by atomic mass is 9.94. The fraction of sp³-hybridized carbons (Fsp3) is 0.316. The van der Waals surface area contributed by atoms with Crippen LogP contribution in [0.2, 0.25) is 0 Å². The number of aryl methyl sites for hydroxylation is 1. The fourth-order valence-electron chi connectivity index (χ4n) is 3.14. The Morgan fingerprint density at radius 3 is 2.46 bits per heavy atom. The van der Waals surface area contributed by atoms with Gasteiger partial charge in [0.25, 0.3) is 10.0 Å². The molecule has 2 aromatic carbocycles. The second kappa shape index (κ2) is 6.72. The van der Waals surface area contributed by atoms with Gasteiger partial charge in [0.15, 0.2) is 0 Å². The number of benzene rings is 2. The van der Waals surface area contributed by atoms with Gasteiger partial charge in [-0.2, -0.15) is 0 Å². The van der Waals surface area contributed by atoms with E-state index in [0.717, 1.165) is 12.7 Å². The minimum atomic E-state index is -3.88. The smallest absolute Gasteiger partial charge is 0.344 e. The van der Waals surface area contributed by atoms with Crippen LogP contribution < -0.4 is 4.31 Å². The lowest BCUT2D eigenvalue weighted by Crippen LogP contribution is -2.39. The summed E-state index contributed by atoms with van der Waals surface area (Å²) in [4.78, 5) is 12.1. The second-order valence-electron chi connectivity index (χ2n) is 6.40. The van der Waals surface area contributed by atoms with Crippen LogP contribution in [0.3, 0.4) is 0 Å². The molecule has 5 nitrogen and oxygen atoms in total. The average Bonchev–Trinajstić information content (AvgIpc) is 2.78. The highest BCUT2D eigenvalue weighted by Gasteiger charge is 2.44. The maximum atomic E-state index is 15.2. The second-order valence-corrected chi connectivity index (χ2v) is 8.26. The van der Waals surface area contributed by atoms with Crippen molar-refractivity contribution in [1.82, 2.24) is 0 Å². The number of anilines is 1. The quantitative estimate of drug-likeness (QED) is 0.772. The van der Waals surface area contributed by atoms with E-state index >= 15 is 4.39 Å². The van der Waals surface area contributed by atoms with E-state index in [9.17, 15) is 13.2 Å². The van der Waals surface area contributed by atoms with Crippen LogP contribution in [0.4, 0.5) is 10.1 Å². The third-order valence-corrected chi connectivity index (χ3v) is 6.43. The molecule has 1 aliphatic heterocycles. The molecule has 0 spiro atoms. The normalized spacial score (nSPS) is 20.2. The number of ether oxygens (including phenoxy) is 1. The molecular weight excluding hydrogens is 357 g/mol. The van der Waals surface area contributed by atoms with Gasteiger partial charge in [-0.25, -0.2) is 17.6 Å². The Balaban J connectivity index is 2.09. The van der Waals surface area contributed by atoms with Crippen molar-refractivity contribution >= 4 is 21.7 Å². The first-order valence-electron chi connectivity index (χ1n) is 8.22. The first-order chi connectivity index (χ1) is 12.3. The molecule has 138 valence electrons. The molecule has 1 unspecified atom stereocenters. The Morgan fingerprint density at radius 1 is 1.15 bits per heavy atom. The molecule has 0 aliphatic carbocycles. The van der Waals surface area contributed by atoms with Gasteiger partial charge in [-0.3, -0.25) is 4.31 Å². The number of rotatable bonds is 3. The molecule has 7 heteroatoms. The molecule has 2 aromatic rings. The van der Waals surface area contributed by atoms with E-state index in [1.54, 1.807) is 36.4 Å². The van der Waals surface area contributed by atoms with Gasteiger partial charge in [-0.05, 0) is 30.7 Å². The number of nitrogens with zero attached hydrogens (tertiary/aromatic N) is 1. The predicted molar refractivity (Wildman–Crippen MR) is 96.3 cm³/mol. The molecule has 0 saturated carbocycles. The molecular formula is C19H20FNO4S. The predicted octanol–water partition coefficient (Wildman–Crippen LogP) is 3.02. The summed E-state index contributed by atoms with van der Waals surface area (Å²) in [7, 11) is -2.76. The molecule has 0 amide bonds. The zero-order valence-corrected chi connectivity index (χ0v) is 15.4. The fourth-order valence-corrected chi connectivity index (χ4v) is 4.64. The maximum Gasteiger partial charge on any atom is 0.344 e. The molecule has 0 radical (unpaired) electrons. The van der Waals surface area contributed by atoms with Gasteiger partial charge in [0, 0.05) is 19.4 Å². The number of esters is 1. The van der Waals surface area contributed by atoms with Crippen molar-refractivity contribution in [3.63, 3.8) is 0 Å². The van der Waals surface area contributed by atoms with Gasteiger partial charge in [0.05, 0.1) is 17.7 Å². The zero-order valence-electron chi connectivity index (χ0n) is 14.6. The van der Waals surface area contributed by atoms with E-state index < -0.39 is 21.7 Å². The number of halogens is 1. The third kappa shape index (κ3) is 3.19. The molecule has 0 saturated heterocycles. The lowest BCUT2D eigenvalue weighted by molar-refractivity contribution is -0.154. The number of carbonyl (C=O) groups is 1. The summed E-state index contributed by atoms with van der Waals surface area (Å²) >= 11 is 0. The van der Waals surface area contributed by atoms with Gasteiger partial charge >= 0.3 is 5.97 Å². The van der Waals surface area contributed by atoms with Crippen LogP contribution in [0.5, 0.6) is 0 Å². The molecule has 0 fully saturated rings. The van der Waals surface area contributed by atoms with Crippen LogP contribution >= 0.6 is 0 Å². The minimum Gasteiger partial charge on any atom is -0.467 e. The topological polar surface area (TPSA) is 63.7 Å². The minimum absolute atomic E-state index is 0.127. The summed E-state index contributed by atoms with van der Waals surface area (Å²) in [5.74, 6) is -0.984. The Morgan fingerprint density at radius 2 is 1.81 bits per heavy atom. The van der Waals surface area contributed by atoms with Crippen LogP contribution in [-0.4, -0.2) is 33.7 Å². The molecule has 3 rings (SSSR count). The van der Waals surface area contributed by atoms with Crippen molar-refractivity contribution in [3.8, 4) is 0 Å². The maximum absolute atomic E-state index is 15.2. The number of hydrogen-bond acceptors (Lipinski definition) is 4. The first kappa shape index (κ1) is 18.4. The number of carbonyl (C=O) groups excluding carboxylic acids is 1. The summed E-state index contributed by atoms with van der Waals surface area (Å²) in [6.45, 7) is 1.71. The molecule has 0 bridgehead atoms. The van der Waals surface area contributed by atoms with Gasteiger partial charge in [0.2, 0.25) is 5.67 Å². The average molecular weight is 377 g/mol. The molecule has 0 aromatic heterocycles. The van der Waals surface area contributed by atoms with E-state index in [1.165, 1.54) is 16.4 Å². The van der Waals surface area contributed by atoms with Crippen molar-refractivity contribution in [2.24, 2.45) is 0 Å². The van der Waals surface area contributed by atoms with Gasteiger partial charge in [-0.1, -0.05) is 35.9 Å². The van der Waals surface area contributed by atoms with E-state index in [0.29, 0.717) is 11.3 Å². The Hall–Kier alpha value is -2.41. The highest BCUT2D eigenvalue weighted by Crippen LogP contribution is 2.36. The summed E-state index contributed by atoms with van der Waals surface area (Å²) in [6.07, 6.45) is -0.505. The number of hydrogen-bond donors (Lipinski definition) is 0. The molecule has 1 heterocycles. The number of sulfonamides is 1. The summed E-state index contributed by atoms with van der Waals surface area (Å²) in [5, 5.41) is 0. The van der Waals surface area contributed by atoms with E-state index in [-0.39, 0.29) is 24.3 Å². The SMILES string of the molecule is COC(=O)C1(F)CCN(S(=O)(=O)c2ccc(C)cc2)c2ccccc2C1. The standard InChI is InChI=1S/C19H20FNO4S/c1-14-7-9-16(10-8-14)26(23,24)21-12-11-19(20,18(22)25-2)13-15-5-3-4-6-17(15)21/h3-10H,11-13H2,1-2H3. The molecule has 0 N–H and O–H groups in total. The molecule has 1 atom stereocenters. The highest BCUT2D eigenvalue weighted by molar-refractivity contribution is 7.92. The highest BCUT2D eigenvalue weighted by atomic mass is 32.2. The summed E-state index contributed by atoms with van der Waals surface area (Å²) in [5.41, 5.74) is -0.485. The Labute approximate surface area is 152 Å². The Bertz CT molecular complexity index is 927. The number of para-hydroxylation sites is 1. The van der Waals surface area contributed by atoms with Crippen LogP contribution in [0, 0.1) is 6.92 Å². The van der Waals surface area contributed by atoms with Crippen LogP contribution in [-0.2, 0) is 26.0 Å². The van der Waals surface area contributed by atoms with Crippen molar-refractivity contribution in [1.29, 1.82) is 0 Å². The molecule has 26 heavy (non-hydrogen) atoms. The van der Waals surface area contributed by atoms with Gasteiger partial charge in [0.1, 0.15) is 0 Å². The lowest BCUT2D eigenvalue weighted by Gasteiger charge is -2.25. The number of fused-ring (bicyclic) bond motifs is 1. The van der Waals surface area contributed by atoms with Crippen molar-refractivity contribution in [2.75, 3.05) is 18.0 Å². The van der Waals surface area contributed by atoms with Gasteiger partial charge < -0.3 is 4.74 Å². The summed E-state index contributed by atoms with van der Waals surface area (Å²) in [6, 6.07) is 13.1. The van der Waals surface area contributed by atoms with E-state index in [4.69, 9.17) is 0 Å². The first-order valence-corrected chi connectivity index (χ1v) is 9.66. The largest absolute Gasteiger partial charge is 0.467 e. The Kier molecular flexibility index (Phi) is 4.75. The van der Waals surface area contributed by atoms with Gasteiger partial charge in [-0.15, -0.1) is 0 Å². The zero-order chi connectivity index (χ0) is 18.9. The molecule has 1 aliphatic rings. The monoisotopic (exact) mass is 377 g/mol. The summed E-state index contributed by atoms with van der Waals surface area (Å²) < 4.78 is 47.3.